The van der Waals surface area contributed by atoms with Crippen molar-refractivity contribution in [3.05, 3.63) is 0 Å². The highest BCUT2D eigenvalue weighted by Gasteiger charge is 2.30. The minimum atomic E-state index is -1.64. The molecule has 1 aliphatic rings. The number of unbranched alkanes of at least 4 members (excludes halogenated alkanes) is 7. The molecule has 0 aromatic rings. The summed E-state index contributed by atoms with van der Waals surface area (Å²) in [4.78, 5) is 25.0. The number of carbonyl (C=O) groups excluding carboxylic acids is 2. The molecule has 0 aromatic heterocycles. The first-order valence-corrected chi connectivity index (χ1v) is 11.7. The summed E-state index contributed by atoms with van der Waals surface area (Å²) in [6, 6.07) is -0.256. The Morgan fingerprint density at radius 3 is 2.25 bits per heavy atom. The molecular formula is C20H35Cl3N2O3. The largest absolute Gasteiger partial charge is 0.461 e. The van der Waals surface area contributed by atoms with E-state index in [-0.39, 0.29) is 30.8 Å². The van der Waals surface area contributed by atoms with Crippen LogP contribution in [0.2, 0.25) is 0 Å². The number of carbonyl (C=O) groups is 2. The summed E-state index contributed by atoms with van der Waals surface area (Å²) in [5.74, 6) is -0.783. The van der Waals surface area contributed by atoms with Gasteiger partial charge in [0.2, 0.25) is 3.79 Å². The van der Waals surface area contributed by atoms with E-state index >= 15 is 0 Å². The van der Waals surface area contributed by atoms with Crippen LogP contribution in [-0.2, 0) is 14.3 Å². The Kier molecular flexibility index (Phi) is 13.8. The second-order valence-electron chi connectivity index (χ2n) is 7.55. The van der Waals surface area contributed by atoms with Gasteiger partial charge in [0.15, 0.2) is 5.78 Å². The molecule has 0 aromatic carbocycles. The summed E-state index contributed by atoms with van der Waals surface area (Å²) < 4.78 is 3.40. The predicted octanol–water partition coefficient (Wildman–Crippen LogP) is 4.57. The van der Waals surface area contributed by atoms with E-state index in [9.17, 15) is 9.59 Å². The Labute approximate surface area is 184 Å². The van der Waals surface area contributed by atoms with Crippen LogP contribution in [0.1, 0.15) is 71.1 Å². The first kappa shape index (κ1) is 26.0. The van der Waals surface area contributed by atoms with E-state index in [0.717, 1.165) is 25.9 Å². The van der Waals surface area contributed by atoms with Gasteiger partial charge >= 0.3 is 5.97 Å². The van der Waals surface area contributed by atoms with Crippen LogP contribution < -0.4 is 10.6 Å². The fourth-order valence-corrected chi connectivity index (χ4v) is 3.59. The van der Waals surface area contributed by atoms with Crippen molar-refractivity contribution < 1.29 is 14.3 Å². The SMILES string of the molecule is CCCCCCCCCC[C@H](CC(=O)OCC(Cl)(Cl)Cl)C(=O)[C@@H]1CNCCN1. The lowest BCUT2D eigenvalue weighted by Crippen LogP contribution is -2.54. The second-order valence-corrected chi connectivity index (χ2v) is 10.1. The summed E-state index contributed by atoms with van der Waals surface area (Å²) in [6.45, 7) is 4.09. The molecule has 28 heavy (non-hydrogen) atoms. The monoisotopic (exact) mass is 456 g/mol. The van der Waals surface area contributed by atoms with Crippen molar-refractivity contribution in [1.82, 2.24) is 10.6 Å². The smallest absolute Gasteiger partial charge is 0.306 e. The summed E-state index contributed by atoms with van der Waals surface area (Å²) in [5, 5.41) is 6.45. The topological polar surface area (TPSA) is 67.4 Å². The van der Waals surface area contributed by atoms with E-state index in [0.29, 0.717) is 13.0 Å². The van der Waals surface area contributed by atoms with Crippen molar-refractivity contribution in [2.75, 3.05) is 26.2 Å². The molecule has 2 N–H and O–H groups in total. The van der Waals surface area contributed by atoms with Gasteiger partial charge in [0, 0.05) is 25.6 Å². The van der Waals surface area contributed by atoms with Crippen LogP contribution >= 0.6 is 34.8 Å². The maximum absolute atomic E-state index is 12.9. The number of hydrogen-bond acceptors (Lipinski definition) is 5. The van der Waals surface area contributed by atoms with E-state index < -0.39 is 9.76 Å². The van der Waals surface area contributed by atoms with Crippen LogP contribution in [0.4, 0.5) is 0 Å². The number of halogens is 3. The normalized spacial score (nSPS) is 18.6. The van der Waals surface area contributed by atoms with Gasteiger partial charge in [-0.15, -0.1) is 0 Å². The van der Waals surface area contributed by atoms with Crippen LogP contribution in [0.3, 0.4) is 0 Å². The fraction of sp³-hybridized carbons (Fsp3) is 0.900. The van der Waals surface area contributed by atoms with E-state index in [1.807, 2.05) is 0 Å². The molecule has 1 rings (SSSR count). The van der Waals surface area contributed by atoms with E-state index in [1.165, 1.54) is 38.5 Å². The molecule has 0 amide bonds. The van der Waals surface area contributed by atoms with Crippen molar-refractivity contribution in [1.29, 1.82) is 0 Å². The average Bonchev–Trinajstić information content (AvgIpc) is 2.67. The number of ether oxygens (including phenoxy) is 1. The van der Waals surface area contributed by atoms with Gasteiger partial charge in [0.05, 0.1) is 12.5 Å². The molecule has 0 saturated carbocycles. The van der Waals surface area contributed by atoms with Crippen molar-refractivity contribution in [3.63, 3.8) is 0 Å². The molecule has 0 spiro atoms. The van der Waals surface area contributed by atoms with Gasteiger partial charge in [-0.3, -0.25) is 9.59 Å². The molecule has 0 unspecified atom stereocenters. The number of alkyl halides is 3. The molecule has 0 radical (unpaired) electrons. The summed E-state index contributed by atoms with van der Waals surface area (Å²) >= 11 is 16.9. The van der Waals surface area contributed by atoms with Gasteiger partial charge in [-0.1, -0.05) is 93.1 Å². The number of Topliss-reactive ketones (excluding diaryl/α,β-unsaturated/α-hetero) is 1. The average molecular weight is 458 g/mol. The van der Waals surface area contributed by atoms with Crippen LogP contribution in [0, 0.1) is 5.92 Å². The van der Waals surface area contributed by atoms with Gasteiger partial charge in [0.25, 0.3) is 0 Å². The van der Waals surface area contributed by atoms with Gasteiger partial charge in [0.1, 0.15) is 6.61 Å². The molecule has 5 nitrogen and oxygen atoms in total. The van der Waals surface area contributed by atoms with E-state index in [4.69, 9.17) is 39.5 Å². The number of nitrogens with one attached hydrogen (secondary N) is 2. The highest BCUT2D eigenvalue weighted by molar-refractivity contribution is 6.67. The van der Waals surface area contributed by atoms with Gasteiger partial charge in [-0.05, 0) is 6.42 Å². The Bertz CT molecular complexity index is 452. The summed E-state index contributed by atoms with van der Waals surface area (Å²) in [5.41, 5.74) is 0. The first-order valence-electron chi connectivity index (χ1n) is 10.5. The lowest BCUT2D eigenvalue weighted by molar-refractivity contribution is -0.146. The van der Waals surface area contributed by atoms with Gasteiger partial charge in [-0.25, -0.2) is 0 Å². The molecule has 164 valence electrons. The Morgan fingerprint density at radius 1 is 1.04 bits per heavy atom. The van der Waals surface area contributed by atoms with Crippen LogP contribution in [0.15, 0.2) is 0 Å². The maximum atomic E-state index is 12.9. The van der Waals surface area contributed by atoms with Gasteiger partial charge < -0.3 is 15.4 Å². The van der Waals surface area contributed by atoms with Crippen LogP contribution in [0.5, 0.6) is 0 Å². The third-order valence-electron chi connectivity index (χ3n) is 5.00. The zero-order valence-corrected chi connectivity index (χ0v) is 19.2. The molecule has 1 fully saturated rings. The predicted molar refractivity (Wildman–Crippen MR) is 116 cm³/mol. The van der Waals surface area contributed by atoms with E-state index in [2.05, 4.69) is 17.6 Å². The molecule has 1 aliphatic heterocycles. The zero-order valence-electron chi connectivity index (χ0n) is 16.9. The fourth-order valence-electron chi connectivity index (χ4n) is 3.43. The maximum Gasteiger partial charge on any atom is 0.306 e. The minimum Gasteiger partial charge on any atom is -0.461 e. The quantitative estimate of drug-likeness (QED) is 0.227. The lowest BCUT2D eigenvalue weighted by atomic mass is 9.89. The second kappa shape index (κ2) is 14.8. The highest BCUT2D eigenvalue weighted by Crippen LogP contribution is 2.26. The Morgan fingerprint density at radius 2 is 1.68 bits per heavy atom. The molecule has 8 heteroatoms. The number of hydrogen-bond donors (Lipinski definition) is 2. The lowest BCUT2D eigenvalue weighted by Gasteiger charge is -2.27. The standard InChI is InChI=1S/C20H35Cl3N2O3/c1-2-3-4-5-6-7-8-9-10-16(13-18(26)28-15-20(21,22)23)19(27)17-14-24-11-12-25-17/h16-17,24-25H,2-15H2,1H3/t16-,17+/m1/s1. The van der Waals surface area contributed by atoms with Crippen molar-refractivity contribution in [3.8, 4) is 0 Å². The Hall–Kier alpha value is -0.0700. The summed E-state index contributed by atoms with van der Waals surface area (Å²) in [7, 11) is 0. The van der Waals surface area contributed by atoms with Gasteiger partial charge in [-0.2, -0.15) is 0 Å². The molecule has 1 heterocycles. The van der Waals surface area contributed by atoms with Crippen LogP contribution in [0.25, 0.3) is 0 Å². The molecule has 1 saturated heterocycles. The zero-order chi connectivity index (χ0) is 20.8. The molecule has 2 atom stereocenters. The number of ketones is 1. The van der Waals surface area contributed by atoms with Crippen molar-refractivity contribution in [2.45, 2.75) is 81.0 Å². The van der Waals surface area contributed by atoms with Crippen molar-refractivity contribution >= 4 is 46.6 Å². The molecule has 0 aliphatic carbocycles. The van der Waals surface area contributed by atoms with Crippen LogP contribution in [-0.4, -0.2) is 47.8 Å². The number of piperazine rings is 1. The van der Waals surface area contributed by atoms with Crippen molar-refractivity contribution in [2.24, 2.45) is 5.92 Å². The molecular weight excluding hydrogens is 423 g/mol. The third kappa shape index (κ3) is 12.5. The highest BCUT2D eigenvalue weighted by atomic mass is 35.6. The first-order chi connectivity index (χ1) is 13.3. The Balaban J connectivity index is 2.43. The summed E-state index contributed by atoms with van der Waals surface area (Å²) in [6.07, 6.45) is 10.3. The van der Waals surface area contributed by atoms with E-state index in [1.54, 1.807) is 0 Å². The minimum absolute atomic E-state index is 0.0360. The number of esters is 1. The third-order valence-corrected chi connectivity index (χ3v) is 5.33. The molecule has 0 bridgehead atoms. The number of rotatable bonds is 14.